The van der Waals surface area contributed by atoms with E-state index in [2.05, 4.69) is 10.3 Å². The number of nitrogens with zero attached hydrogens (tertiary/aromatic N) is 3. The number of carboxylic acid groups (broad SMARTS) is 1. The largest absolute Gasteiger partial charge is 0.476 e. The van der Waals surface area contributed by atoms with Crippen LogP contribution in [0.1, 0.15) is 37.0 Å². The van der Waals surface area contributed by atoms with Crippen molar-refractivity contribution < 1.29 is 14.3 Å². The van der Waals surface area contributed by atoms with E-state index in [-0.39, 0.29) is 10.7 Å². The third-order valence-electron chi connectivity index (χ3n) is 2.72. The maximum absolute atomic E-state index is 13.1. The van der Waals surface area contributed by atoms with Crippen molar-refractivity contribution in [2.75, 3.05) is 0 Å². The van der Waals surface area contributed by atoms with Gasteiger partial charge in [0.2, 0.25) is 0 Å². The van der Waals surface area contributed by atoms with Crippen LogP contribution in [0, 0.1) is 5.82 Å². The van der Waals surface area contributed by atoms with E-state index in [0.717, 1.165) is 6.07 Å². The normalized spacial score (nSPS) is 11.7. The summed E-state index contributed by atoms with van der Waals surface area (Å²) in [5.74, 6) is -1.64. The maximum atomic E-state index is 13.1. The summed E-state index contributed by atoms with van der Waals surface area (Å²) >= 11 is 6.00. The zero-order chi connectivity index (χ0) is 15.1. The van der Waals surface area contributed by atoms with Crippen LogP contribution in [0.2, 0.25) is 5.02 Å². The van der Waals surface area contributed by atoms with Gasteiger partial charge in [0.25, 0.3) is 0 Å². The van der Waals surface area contributed by atoms with E-state index in [1.54, 1.807) is 0 Å². The topological polar surface area (TPSA) is 68.0 Å². The average molecular weight is 298 g/mol. The van der Waals surface area contributed by atoms with Crippen molar-refractivity contribution in [2.45, 2.75) is 26.2 Å². The molecule has 7 heteroatoms. The Kier molecular flexibility index (Phi) is 3.52. The smallest absolute Gasteiger partial charge is 0.358 e. The van der Waals surface area contributed by atoms with Gasteiger partial charge in [-0.25, -0.2) is 13.9 Å². The summed E-state index contributed by atoms with van der Waals surface area (Å²) in [5, 5.41) is 16.9. The quantitative estimate of drug-likeness (QED) is 0.925. The lowest BCUT2D eigenvalue weighted by atomic mass is 9.90. The average Bonchev–Trinajstić information content (AvgIpc) is 2.73. The SMILES string of the molecule is CC(C)(C)c1c(C(=O)O)nnn1-c1ccc(F)cc1Cl. The monoisotopic (exact) mass is 297 g/mol. The molecule has 0 radical (unpaired) electrons. The molecule has 2 rings (SSSR count). The first-order chi connectivity index (χ1) is 9.21. The number of hydrogen-bond donors (Lipinski definition) is 1. The Hall–Kier alpha value is -1.95. The highest BCUT2D eigenvalue weighted by Gasteiger charge is 2.30. The van der Waals surface area contributed by atoms with Crippen molar-refractivity contribution in [2.24, 2.45) is 0 Å². The Morgan fingerprint density at radius 1 is 1.40 bits per heavy atom. The fraction of sp³-hybridized carbons (Fsp3) is 0.308. The second-order valence-electron chi connectivity index (χ2n) is 5.35. The van der Waals surface area contributed by atoms with Gasteiger partial charge in [0.05, 0.1) is 16.4 Å². The molecule has 1 aromatic carbocycles. The molecule has 1 N–H and O–H groups in total. The molecular weight excluding hydrogens is 285 g/mol. The second-order valence-corrected chi connectivity index (χ2v) is 5.76. The van der Waals surface area contributed by atoms with Gasteiger partial charge in [-0.2, -0.15) is 0 Å². The summed E-state index contributed by atoms with van der Waals surface area (Å²) in [6.07, 6.45) is 0. The molecule has 0 aliphatic rings. The van der Waals surface area contributed by atoms with Crippen LogP contribution in [-0.4, -0.2) is 26.1 Å². The molecule has 0 saturated carbocycles. The van der Waals surface area contributed by atoms with Gasteiger partial charge in [-0.1, -0.05) is 37.6 Å². The molecule has 1 aromatic heterocycles. The first kappa shape index (κ1) is 14.5. The van der Waals surface area contributed by atoms with Crippen LogP contribution in [0.15, 0.2) is 18.2 Å². The summed E-state index contributed by atoms with van der Waals surface area (Å²) in [6.45, 7) is 5.52. The molecule has 0 aliphatic heterocycles. The number of carboxylic acids is 1. The number of hydrogen-bond acceptors (Lipinski definition) is 3. The number of rotatable bonds is 2. The summed E-state index contributed by atoms with van der Waals surface area (Å²) in [6, 6.07) is 3.81. The second kappa shape index (κ2) is 4.86. The van der Waals surface area contributed by atoms with Gasteiger partial charge in [-0.05, 0) is 18.2 Å². The number of benzene rings is 1. The first-order valence-corrected chi connectivity index (χ1v) is 6.24. The standard InChI is InChI=1S/C13H13ClFN3O2/c1-13(2,3)11-10(12(19)20)16-17-18(11)9-5-4-7(15)6-8(9)14/h4-6H,1-3H3,(H,19,20). The molecule has 106 valence electrons. The van der Waals surface area contributed by atoms with E-state index >= 15 is 0 Å². The van der Waals surface area contributed by atoms with E-state index in [1.165, 1.54) is 16.8 Å². The van der Waals surface area contributed by atoms with Crippen LogP contribution in [0.3, 0.4) is 0 Å². The van der Waals surface area contributed by atoms with Crippen molar-refractivity contribution in [3.05, 3.63) is 40.4 Å². The molecule has 0 unspecified atom stereocenters. The predicted octanol–water partition coefficient (Wildman–Crippen LogP) is 3.06. The lowest BCUT2D eigenvalue weighted by molar-refractivity contribution is 0.0687. The van der Waals surface area contributed by atoms with E-state index in [9.17, 15) is 14.3 Å². The van der Waals surface area contributed by atoms with Gasteiger partial charge in [0.1, 0.15) is 5.82 Å². The third kappa shape index (κ3) is 2.51. The Balaban J connectivity index is 2.72. The number of aromatic nitrogens is 3. The van der Waals surface area contributed by atoms with Crippen molar-refractivity contribution in [1.29, 1.82) is 0 Å². The van der Waals surface area contributed by atoms with Crippen molar-refractivity contribution in [1.82, 2.24) is 15.0 Å². The van der Waals surface area contributed by atoms with Gasteiger partial charge < -0.3 is 5.11 Å². The molecule has 0 atom stereocenters. The van der Waals surface area contributed by atoms with Gasteiger partial charge >= 0.3 is 5.97 Å². The zero-order valence-electron chi connectivity index (χ0n) is 11.2. The van der Waals surface area contributed by atoms with Crippen molar-refractivity contribution >= 4 is 17.6 Å². The minimum Gasteiger partial charge on any atom is -0.476 e. The molecule has 0 spiro atoms. The Labute approximate surface area is 120 Å². The van der Waals surface area contributed by atoms with Crippen LogP contribution in [0.4, 0.5) is 4.39 Å². The predicted molar refractivity (Wildman–Crippen MR) is 72.0 cm³/mol. The molecule has 20 heavy (non-hydrogen) atoms. The summed E-state index contributed by atoms with van der Waals surface area (Å²) in [7, 11) is 0. The third-order valence-corrected chi connectivity index (χ3v) is 3.02. The van der Waals surface area contributed by atoms with Gasteiger partial charge in [-0.3, -0.25) is 0 Å². The Morgan fingerprint density at radius 2 is 2.05 bits per heavy atom. The lowest BCUT2D eigenvalue weighted by Gasteiger charge is -2.20. The summed E-state index contributed by atoms with van der Waals surface area (Å²) in [5.41, 5.74) is 0.129. The first-order valence-electron chi connectivity index (χ1n) is 5.86. The summed E-state index contributed by atoms with van der Waals surface area (Å²) < 4.78 is 14.4. The van der Waals surface area contributed by atoms with Crippen molar-refractivity contribution in [3.63, 3.8) is 0 Å². The highest BCUT2D eigenvalue weighted by Crippen LogP contribution is 2.30. The molecule has 0 fully saturated rings. The Morgan fingerprint density at radius 3 is 2.55 bits per heavy atom. The minimum atomic E-state index is -1.17. The molecule has 2 aromatic rings. The minimum absolute atomic E-state index is 0.136. The lowest BCUT2D eigenvalue weighted by Crippen LogP contribution is -2.21. The number of aromatic carboxylic acids is 1. The molecular formula is C13H13ClFN3O2. The van der Waals surface area contributed by atoms with E-state index in [0.29, 0.717) is 11.4 Å². The van der Waals surface area contributed by atoms with Gasteiger partial charge in [0, 0.05) is 5.41 Å². The van der Waals surface area contributed by atoms with Gasteiger partial charge in [-0.15, -0.1) is 5.10 Å². The highest BCUT2D eigenvalue weighted by molar-refractivity contribution is 6.32. The molecule has 5 nitrogen and oxygen atoms in total. The van der Waals surface area contributed by atoms with E-state index in [4.69, 9.17) is 11.6 Å². The van der Waals surface area contributed by atoms with E-state index in [1.807, 2.05) is 20.8 Å². The van der Waals surface area contributed by atoms with Gasteiger partial charge in [0.15, 0.2) is 5.69 Å². The molecule has 0 bridgehead atoms. The zero-order valence-corrected chi connectivity index (χ0v) is 11.9. The maximum Gasteiger partial charge on any atom is 0.358 e. The molecule has 0 saturated heterocycles. The summed E-state index contributed by atoms with van der Waals surface area (Å²) in [4.78, 5) is 11.2. The molecule has 1 heterocycles. The molecule has 0 amide bonds. The number of carbonyl (C=O) groups is 1. The van der Waals surface area contributed by atoms with Crippen molar-refractivity contribution in [3.8, 4) is 5.69 Å². The van der Waals surface area contributed by atoms with Crippen LogP contribution in [0.5, 0.6) is 0 Å². The Bertz CT molecular complexity index is 677. The number of halogens is 2. The van der Waals surface area contributed by atoms with Crippen LogP contribution < -0.4 is 0 Å². The fourth-order valence-corrected chi connectivity index (χ4v) is 2.17. The fourth-order valence-electron chi connectivity index (χ4n) is 1.92. The highest BCUT2D eigenvalue weighted by atomic mass is 35.5. The molecule has 0 aliphatic carbocycles. The van der Waals surface area contributed by atoms with Crippen LogP contribution in [0.25, 0.3) is 5.69 Å². The van der Waals surface area contributed by atoms with E-state index < -0.39 is 17.2 Å². The van der Waals surface area contributed by atoms with Crippen LogP contribution in [-0.2, 0) is 5.41 Å². The van der Waals surface area contributed by atoms with Crippen LogP contribution >= 0.6 is 11.6 Å².